The highest BCUT2D eigenvalue weighted by atomic mass is 16.5. The number of carboxylic acids is 1. The SMILES string of the molecule is CC1CCCN(C(=O)COC(C)(C)C)C1C(=O)O. The Morgan fingerprint density at radius 2 is 2.00 bits per heavy atom. The van der Waals surface area contributed by atoms with Crippen LogP contribution in [-0.4, -0.2) is 46.7 Å². The number of carbonyl (C=O) groups is 2. The molecule has 0 aliphatic carbocycles. The van der Waals surface area contributed by atoms with Crippen LogP contribution in [0.2, 0.25) is 0 Å². The fourth-order valence-electron chi connectivity index (χ4n) is 2.21. The Bertz CT molecular complexity index is 321. The van der Waals surface area contributed by atoms with E-state index < -0.39 is 17.6 Å². The summed E-state index contributed by atoms with van der Waals surface area (Å²) in [6.45, 7) is 7.94. The summed E-state index contributed by atoms with van der Waals surface area (Å²) in [4.78, 5) is 24.7. The number of aliphatic carboxylic acids is 1. The Labute approximate surface area is 108 Å². The Kier molecular flexibility index (Phi) is 4.73. The zero-order valence-corrected chi connectivity index (χ0v) is 11.6. The predicted molar refractivity (Wildman–Crippen MR) is 67.2 cm³/mol. The van der Waals surface area contributed by atoms with Gasteiger partial charge in [-0.2, -0.15) is 0 Å². The summed E-state index contributed by atoms with van der Waals surface area (Å²) in [6.07, 6.45) is 1.70. The minimum Gasteiger partial charge on any atom is -0.480 e. The van der Waals surface area contributed by atoms with Gasteiger partial charge in [-0.25, -0.2) is 4.79 Å². The summed E-state index contributed by atoms with van der Waals surface area (Å²) in [5, 5.41) is 9.22. The molecule has 1 heterocycles. The second kappa shape index (κ2) is 5.69. The molecule has 5 nitrogen and oxygen atoms in total. The van der Waals surface area contributed by atoms with Crippen molar-refractivity contribution in [1.29, 1.82) is 0 Å². The predicted octanol–water partition coefficient (Wildman–Crippen LogP) is 1.51. The van der Waals surface area contributed by atoms with E-state index in [9.17, 15) is 14.7 Å². The first kappa shape index (κ1) is 15.0. The molecule has 1 rings (SSSR count). The molecule has 5 heteroatoms. The third kappa shape index (κ3) is 3.98. The van der Waals surface area contributed by atoms with Gasteiger partial charge in [0, 0.05) is 6.54 Å². The van der Waals surface area contributed by atoms with Crippen LogP contribution in [0.3, 0.4) is 0 Å². The number of hydrogen-bond donors (Lipinski definition) is 1. The van der Waals surface area contributed by atoms with Crippen molar-refractivity contribution in [2.75, 3.05) is 13.2 Å². The third-order valence-electron chi connectivity index (χ3n) is 3.14. The van der Waals surface area contributed by atoms with Crippen LogP contribution in [0.15, 0.2) is 0 Å². The lowest BCUT2D eigenvalue weighted by molar-refractivity contribution is -0.158. The molecule has 1 aliphatic heterocycles. The van der Waals surface area contributed by atoms with Crippen molar-refractivity contribution in [3.05, 3.63) is 0 Å². The largest absolute Gasteiger partial charge is 0.480 e. The van der Waals surface area contributed by atoms with Gasteiger partial charge in [0.25, 0.3) is 0 Å². The molecule has 0 aromatic carbocycles. The van der Waals surface area contributed by atoms with Crippen molar-refractivity contribution < 1.29 is 19.4 Å². The van der Waals surface area contributed by atoms with Gasteiger partial charge in [0.05, 0.1) is 5.60 Å². The first-order chi connectivity index (χ1) is 8.22. The molecule has 0 bridgehead atoms. The number of nitrogens with zero attached hydrogens (tertiary/aromatic N) is 1. The summed E-state index contributed by atoms with van der Waals surface area (Å²) in [5.74, 6) is -1.16. The summed E-state index contributed by atoms with van der Waals surface area (Å²) >= 11 is 0. The van der Waals surface area contributed by atoms with Gasteiger partial charge in [-0.3, -0.25) is 4.79 Å². The van der Waals surface area contributed by atoms with Crippen LogP contribution in [0.25, 0.3) is 0 Å². The first-order valence-corrected chi connectivity index (χ1v) is 6.38. The maximum absolute atomic E-state index is 12.0. The average molecular weight is 257 g/mol. The highest BCUT2D eigenvalue weighted by Gasteiger charge is 2.37. The minimum absolute atomic E-state index is 0.00478. The molecule has 1 amide bonds. The van der Waals surface area contributed by atoms with E-state index in [1.807, 2.05) is 27.7 Å². The summed E-state index contributed by atoms with van der Waals surface area (Å²) < 4.78 is 5.42. The highest BCUT2D eigenvalue weighted by Crippen LogP contribution is 2.24. The van der Waals surface area contributed by atoms with Crippen molar-refractivity contribution >= 4 is 11.9 Å². The Morgan fingerprint density at radius 1 is 1.39 bits per heavy atom. The van der Waals surface area contributed by atoms with E-state index in [0.29, 0.717) is 6.54 Å². The average Bonchev–Trinajstić information content (AvgIpc) is 2.24. The van der Waals surface area contributed by atoms with Crippen LogP contribution in [0.4, 0.5) is 0 Å². The monoisotopic (exact) mass is 257 g/mol. The molecule has 0 aromatic rings. The summed E-state index contributed by atoms with van der Waals surface area (Å²) in [6, 6.07) is -0.713. The summed E-state index contributed by atoms with van der Waals surface area (Å²) in [5.41, 5.74) is -0.393. The van der Waals surface area contributed by atoms with Crippen LogP contribution in [0, 0.1) is 5.92 Å². The molecule has 1 aliphatic rings. The van der Waals surface area contributed by atoms with Crippen LogP contribution < -0.4 is 0 Å². The molecule has 1 fully saturated rings. The zero-order valence-electron chi connectivity index (χ0n) is 11.6. The van der Waals surface area contributed by atoms with Crippen LogP contribution in [0.5, 0.6) is 0 Å². The lowest BCUT2D eigenvalue weighted by Gasteiger charge is -2.37. The number of likely N-dealkylation sites (tertiary alicyclic amines) is 1. The third-order valence-corrected chi connectivity index (χ3v) is 3.14. The van der Waals surface area contributed by atoms with Crippen LogP contribution in [-0.2, 0) is 14.3 Å². The van der Waals surface area contributed by atoms with Crippen molar-refractivity contribution in [1.82, 2.24) is 4.90 Å². The molecule has 0 aromatic heterocycles. The lowest BCUT2D eigenvalue weighted by atomic mass is 9.91. The van der Waals surface area contributed by atoms with Gasteiger partial charge in [-0.15, -0.1) is 0 Å². The molecule has 0 spiro atoms. The highest BCUT2D eigenvalue weighted by molar-refractivity contribution is 5.84. The molecule has 2 unspecified atom stereocenters. The maximum atomic E-state index is 12.0. The number of hydrogen-bond acceptors (Lipinski definition) is 3. The Hall–Kier alpha value is -1.10. The number of carbonyl (C=O) groups excluding carboxylic acids is 1. The van der Waals surface area contributed by atoms with Gasteiger partial charge < -0.3 is 14.7 Å². The molecular weight excluding hydrogens is 234 g/mol. The molecule has 1 N–H and O–H groups in total. The molecule has 2 atom stereocenters. The van der Waals surface area contributed by atoms with Gasteiger partial charge in [-0.1, -0.05) is 6.92 Å². The Morgan fingerprint density at radius 3 is 2.50 bits per heavy atom. The number of ether oxygens (including phenoxy) is 1. The first-order valence-electron chi connectivity index (χ1n) is 6.38. The minimum atomic E-state index is -0.925. The van der Waals surface area contributed by atoms with Gasteiger partial charge >= 0.3 is 5.97 Å². The normalized spacial score (nSPS) is 25.0. The van der Waals surface area contributed by atoms with E-state index in [4.69, 9.17) is 4.74 Å². The number of carboxylic acid groups (broad SMARTS) is 1. The van der Waals surface area contributed by atoms with Crippen molar-refractivity contribution in [2.24, 2.45) is 5.92 Å². The van der Waals surface area contributed by atoms with Gasteiger partial charge in [0.1, 0.15) is 12.6 Å². The van der Waals surface area contributed by atoms with Crippen molar-refractivity contribution in [3.8, 4) is 0 Å². The quantitative estimate of drug-likeness (QED) is 0.832. The van der Waals surface area contributed by atoms with Gasteiger partial charge in [0.2, 0.25) is 5.91 Å². The molecular formula is C13H23NO4. The van der Waals surface area contributed by atoms with Crippen LogP contribution in [0.1, 0.15) is 40.5 Å². The molecule has 104 valence electrons. The number of rotatable bonds is 3. The second-order valence-corrected chi connectivity index (χ2v) is 5.89. The molecule has 0 saturated carbocycles. The fraction of sp³-hybridized carbons (Fsp3) is 0.846. The van der Waals surface area contributed by atoms with Gasteiger partial charge in [-0.05, 0) is 39.5 Å². The van der Waals surface area contributed by atoms with E-state index in [-0.39, 0.29) is 18.4 Å². The van der Waals surface area contributed by atoms with Crippen molar-refractivity contribution in [3.63, 3.8) is 0 Å². The van der Waals surface area contributed by atoms with Crippen molar-refractivity contribution in [2.45, 2.75) is 52.2 Å². The lowest BCUT2D eigenvalue weighted by Crippen LogP contribution is -2.53. The zero-order chi connectivity index (χ0) is 13.9. The standard InChI is InChI=1S/C13H23NO4/c1-9-6-5-7-14(11(9)12(16)17)10(15)8-18-13(2,3)4/h9,11H,5-8H2,1-4H3,(H,16,17). The smallest absolute Gasteiger partial charge is 0.326 e. The van der Waals surface area contributed by atoms with E-state index in [2.05, 4.69) is 0 Å². The number of amides is 1. The van der Waals surface area contributed by atoms with Gasteiger partial charge in [0.15, 0.2) is 0 Å². The molecule has 18 heavy (non-hydrogen) atoms. The van der Waals surface area contributed by atoms with Crippen LogP contribution >= 0.6 is 0 Å². The maximum Gasteiger partial charge on any atom is 0.326 e. The van der Waals surface area contributed by atoms with E-state index in [1.54, 1.807) is 0 Å². The van der Waals surface area contributed by atoms with E-state index in [0.717, 1.165) is 12.8 Å². The van der Waals surface area contributed by atoms with E-state index in [1.165, 1.54) is 4.90 Å². The molecule has 0 radical (unpaired) electrons. The second-order valence-electron chi connectivity index (χ2n) is 5.89. The Balaban J connectivity index is 2.67. The fourth-order valence-corrected chi connectivity index (χ4v) is 2.21. The van der Waals surface area contributed by atoms with E-state index >= 15 is 0 Å². The topological polar surface area (TPSA) is 66.8 Å². The molecule has 1 saturated heterocycles. The number of piperidine rings is 1. The summed E-state index contributed by atoms with van der Waals surface area (Å²) in [7, 11) is 0.